The Morgan fingerprint density at radius 1 is 1.28 bits per heavy atom. The molecule has 18 heavy (non-hydrogen) atoms. The van der Waals surface area contributed by atoms with Gasteiger partial charge in [0.25, 0.3) is 0 Å². The molecule has 0 amide bonds. The van der Waals surface area contributed by atoms with Crippen LogP contribution in [-0.4, -0.2) is 12.6 Å². The van der Waals surface area contributed by atoms with E-state index in [1.807, 2.05) is 0 Å². The summed E-state index contributed by atoms with van der Waals surface area (Å²) in [5, 5.41) is 3.64. The predicted octanol–water partition coefficient (Wildman–Crippen LogP) is 4.78. The minimum absolute atomic E-state index is 0.621. The molecule has 3 atom stereocenters. The van der Waals surface area contributed by atoms with Crippen molar-refractivity contribution in [3.8, 4) is 0 Å². The molecular formula is C17H33N. The Balaban J connectivity index is 2.47. The van der Waals surface area contributed by atoms with Crippen molar-refractivity contribution in [3.63, 3.8) is 0 Å². The van der Waals surface area contributed by atoms with Gasteiger partial charge in [0.05, 0.1) is 0 Å². The van der Waals surface area contributed by atoms with Gasteiger partial charge in [-0.15, -0.1) is 6.58 Å². The number of hydrogen-bond acceptors (Lipinski definition) is 1. The average molecular weight is 251 g/mol. The van der Waals surface area contributed by atoms with Crippen LogP contribution in [0.4, 0.5) is 0 Å². The Kier molecular flexibility index (Phi) is 6.99. The lowest BCUT2D eigenvalue weighted by molar-refractivity contribution is 0.161. The van der Waals surface area contributed by atoms with Crippen LogP contribution < -0.4 is 5.32 Å². The van der Waals surface area contributed by atoms with E-state index < -0.39 is 0 Å². The Morgan fingerprint density at radius 2 is 2.00 bits per heavy atom. The third kappa shape index (κ3) is 5.56. The van der Waals surface area contributed by atoms with Crippen molar-refractivity contribution in [3.05, 3.63) is 12.2 Å². The largest absolute Gasteiger partial charge is 0.314 e. The second-order valence-electron chi connectivity index (χ2n) is 6.67. The van der Waals surface area contributed by atoms with Gasteiger partial charge in [-0.1, -0.05) is 39.2 Å². The Labute approximate surface area is 114 Å². The maximum absolute atomic E-state index is 4.06. The van der Waals surface area contributed by atoms with Gasteiger partial charge in [-0.3, -0.25) is 0 Å². The van der Waals surface area contributed by atoms with Gasteiger partial charge >= 0.3 is 0 Å². The molecule has 0 heterocycles. The normalized spacial score (nSPS) is 28.6. The van der Waals surface area contributed by atoms with Gasteiger partial charge in [0.1, 0.15) is 0 Å². The zero-order valence-electron chi connectivity index (χ0n) is 13.0. The summed E-state index contributed by atoms with van der Waals surface area (Å²) in [6, 6.07) is 0.621. The van der Waals surface area contributed by atoms with Crippen LogP contribution in [0.15, 0.2) is 12.2 Å². The number of nitrogens with one attached hydrogen (secondary N) is 1. The van der Waals surface area contributed by atoms with Gasteiger partial charge in [-0.25, -0.2) is 0 Å². The van der Waals surface area contributed by atoms with Crippen molar-refractivity contribution in [1.82, 2.24) is 5.32 Å². The fourth-order valence-corrected chi connectivity index (χ4v) is 3.24. The molecule has 1 fully saturated rings. The predicted molar refractivity (Wildman–Crippen MR) is 81.8 cm³/mol. The highest BCUT2D eigenvalue weighted by Crippen LogP contribution is 2.38. The first kappa shape index (κ1) is 15.8. The fourth-order valence-electron chi connectivity index (χ4n) is 3.24. The van der Waals surface area contributed by atoms with E-state index in [4.69, 9.17) is 0 Å². The Morgan fingerprint density at radius 3 is 2.56 bits per heavy atom. The molecule has 3 unspecified atom stereocenters. The molecule has 0 aromatic rings. The number of rotatable bonds is 7. The monoisotopic (exact) mass is 251 g/mol. The fraction of sp³-hybridized carbons (Fsp3) is 0.882. The average Bonchev–Trinajstić information content (AvgIpc) is 2.34. The standard InChI is InChI=1S/C17H33N/c1-6-15-8-10-17(12-18-14(4)5)16(11-15)9-7-13(2)3/h14-18H,2,6-12H2,1,3-5H3. The van der Waals surface area contributed by atoms with E-state index in [-0.39, 0.29) is 0 Å². The molecule has 0 aromatic heterocycles. The van der Waals surface area contributed by atoms with Crippen molar-refractivity contribution >= 4 is 0 Å². The highest BCUT2D eigenvalue weighted by molar-refractivity contribution is 4.90. The lowest BCUT2D eigenvalue weighted by Crippen LogP contribution is -2.36. The van der Waals surface area contributed by atoms with Crippen LogP contribution >= 0.6 is 0 Å². The molecule has 1 saturated carbocycles. The quantitative estimate of drug-likeness (QED) is 0.642. The van der Waals surface area contributed by atoms with Gasteiger partial charge in [-0.2, -0.15) is 0 Å². The first-order chi connectivity index (χ1) is 8.52. The first-order valence-electron chi connectivity index (χ1n) is 7.90. The first-order valence-corrected chi connectivity index (χ1v) is 7.90. The minimum atomic E-state index is 0.621. The van der Waals surface area contributed by atoms with Gasteiger partial charge in [-0.05, 0) is 56.9 Å². The second kappa shape index (κ2) is 7.99. The van der Waals surface area contributed by atoms with Crippen molar-refractivity contribution in [1.29, 1.82) is 0 Å². The van der Waals surface area contributed by atoms with Crippen LogP contribution in [0.5, 0.6) is 0 Å². The summed E-state index contributed by atoms with van der Waals surface area (Å²) in [6.45, 7) is 14.3. The van der Waals surface area contributed by atoms with E-state index in [0.29, 0.717) is 6.04 Å². The van der Waals surface area contributed by atoms with Crippen molar-refractivity contribution in [2.75, 3.05) is 6.54 Å². The summed E-state index contributed by atoms with van der Waals surface area (Å²) in [5.41, 5.74) is 1.35. The van der Waals surface area contributed by atoms with Crippen LogP contribution in [0, 0.1) is 17.8 Å². The van der Waals surface area contributed by atoms with Gasteiger partial charge in [0.15, 0.2) is 0 Å². The molecule has 0 aromatic carbocycles. The van der Waals surface area contributed by atoms with Gasteiger partial charge in [0, 0.05) is 6.04 Å². The van der Waals surface area contributed by atoms with Gasteiger partial charge in [0.2, 0.25) is 0 Å². The molecule has 1 aliphatic carbocycles. The molecule has 1 nitrogen and oxygen atoms in total. The SMILES string of the molecule is C=C(C)CCC1CC(CC)CCC1CNC(C)C. The molecule has 1 heteroatoms. The second-order valence-corrected chi connectivity index (χ2v) is 6.67. The third-order valence-corrected chi connectivity index (χ3v) is 4.56. The van der Waals surface area contributed by atoms with Crippen molar-refractivity contribution in [2.45, 2.75) is 72.3 Å². The van der Waals surface area contributed by atoms with Crippen LogP contribution in [0.25, 0.3) is 0 Å². The summed E-state index contributed by atoms with van der Waals surface area (Å²) >= 11 is 0. The highest BCUT2D eigenvalue weighted by atomic mass is 14.9. The van der Waals surface area contributed by atoms with E-state index in [0.717, 1.165) is 17.8 Å². The molecular weight excluding hydrogens is 218 g/mol. The third-order valence-electron chi connectivity index (χ3n) is 4.56. The number of hydrogen-bond donors (Lipinski definition) is 1. The van der Waals surface area contributed by atoms with E-state index in [9.17, 15) is 0 Å². The molecule has 1 aliphatic rings. The summed E-state index contributed by atoms with van der Waals surface area (Å²) in [6.07, 6.45) is 8.28. The molecule has 0 spiro atoms. The minimum Gasteiger partial charge on any atom is -0.314 e. The van der Waals surface area contributed by atoms with E-state index >= 15 is 0 Å². The summed E-state index contributed by atoms with van der Waals surface area (Å²) in [5.74, 6) is 2.80. The lowest BCUT2D eigenvalue weighted by atomic mass is 9.71. The van der Waals surface area contributed by atoms with E-state index in [1.54, 1.807) is 0 Å². The highest BCUT2D eigenvalue weighted by Gasteiger charge is 2.29. The van der Waals surface area contributed by atoms with Crippen LogP contribution in [0.2, 0.25) is 0 Å². The molecule has 0 saturated heterocycles. The topological polar surface area (TPSA) is 12.0 Å². The van der Waals surface area contributed by atoms with Gasteiger partial charge < -0.3 is 5.32 Å². The molecule has 0 bridgehead atoms. The van der Waals surface area contributed by atoms with Crippen LogP contribution in [0.1, 0.15) is 66.2 Å². The summed E-state index contributed by atoms with van der Waals surface area (Å²) in [4.78, 5) is 0. The maximum Gasteiger partial charge on any atom is 0.00104 e. The molecule has 0 aliphatic heterocycles. The zero-order valence-corrected chi connectivity index (χ0v) is 13.0. The zero-order chi connectivity index (χ0) is 13.5. The van der Waals surface area contributed by atoms with Crippen LogP contribution in [0.3, 0.4) is 0 Å². The summed E-state index contributed by atoms with van der Waals surface area (Å²) < 4.78 is 0. The van der Waals surface area contributed by atoms with E-state index in [2.05, 4.69) is 39.6 Å². The smallest absolute Gasteiger partial charge is 0.00104 e. The van der Waals surface area contributed by atoms with E-state index in [1.165, 1.54) is 50.6 Å². The maximum atomic E-state index is 4.06. The summed E-state index contributed by atoms with van der Waals surface area (Å²) in [7, 11) is 0. The van der Waals surface area contributed by atoms with Crippen LogP contribution in [-0.2, 0) is 0 Å². The lowest BCUT2D eigenvalue weighted by Gasteiger charge is -2.36. The molecule has 0 radical (unpaired) electrons. The Bertz CT molecular complexity index is 244. The molecule has 1 rings (SSSR count). The Hall–Kier alpha value is -0.300. The molecule has 1 N–H and O–H groups in total. The number of allylic oxidation sites excluding steroid dienone is 1. The molecule has 106 valence electrons. The van der Waals surface area contributed by atoms with Crippen molar-refractivity contribution < 1.29 is 0 Å². The van der Waals surface area contributed by atoms with Crippen molar-refractivity contribution in [2.24, 2.45) is 17.8 Å².